The number of hydrogen-bond donors (Lipinski definition) is 1. The van der Waals surface area contributed by atoms with Crippen LogP contribution in [0.1, 0.15) is 22.3 Å². The Morgan fingerprint density at radius 3 is 2.13 bits per heavy atom. The molecule has 3 aromatic rings. The number of hydrogen-bond acceptors (Lipinski definition) is 4. The fourth-order valence-corrected chi connectivity index (χ4v) is 4.90. The van der Waals surface area contributed by atoms with Crippen LogP contribution in [-0.4, -0.2) is 51.0 Å². The number of rotatable bonds is 10. The lowest BCUT2D eigenvalue weighted by Gasteiger charge is -2.33. The third kappa shape index (κ3) is 8.06. The van der Waals surface area contributed by atoms with Gasteiger partial charge in [-0.1, -0.05) is 66.2 Å². The van der Waals surface area contributed by atoms with Gasteiger partial charge in [-0.05, 0) is 36.2 Å². The monoisotopic (exact) mass is 561 g/mol. The van der Waals surface area contributed by atoms with E-state index in [2.05, 4.69) is 5.32 Å². The molecule has 0 aliphatic heterocycles. The summed E-state index contributed by atoms with van der Waals surface area (Å²) in [5.41, 5.74) is 1.09. The molecule has 1 atom stereocenters. The Morgan fingerprint density at radius 1 is 0.923 bits per heavy atom. The van der Waals surface area contributed by atoms with Gasteiger partial charge in [0.2, 0.25) is 21.8 Å². The molecule has 0 aliphatic rings. The summed E-state index contributed by atoms with van der Waals surface area (Å²) in [4.78, 5) is 28.1. The molecular weight excluding hydrogens is 531 g/mol. The average Bonchev–Trinajstić information content (AvgIpc) is 2.89. The number of alkyl halides is 3. The number of anilines is 1. The van der Waals surface area contributed by atoms with E-state index in [1.165, 1.54) is 18.0 Å². The van der Waals surface area contributed by atoms with Crippen LogP contribution in [0.25, 0.3) is 0 Å². The molecule has 0 heterocycles. The van der Waals surface area contributed by atoms with Gasteiger partial charge in [-0.3, -0.25) is 13.9 Å². The summed E-state index contributed by atoms with van der Waals surface area (Å²) in [6.45, 7) is 1.08. The molecule has 0 radical (unpaired) electrons. The second-order valence-corrected chi connectivity index (χ2v) is 11.1. The fraction of sp³-hybridized carbons (Fsp3) is 0.286. The van der Waals surface area contributed by atoms with Crippen molar-refractivity contribution >= 4 is 27.5 Å². The van der Waals surface area contributed by atoms with Crippen molar-refractivity contribution in [1.82, 2.24) is 10.2 Å². The van der Waals surface area contributed by atoms with Crippen LogP contribution in [0.4, 0.5) is 18.9 Å². The maximum atomic E-state index is 13.8. The molecule has 1 N–H and O–H groups in total. The van der Waals surface area contributed by atoms with Gasteiger partial charge in [-0.25, -0.2) is 8.42 Å². The van der Waals surface area contributed by atoms with E-state index in [1.807, 2.05) is 25.1 Å². The summed E-state index contributed by atoms with van der Waals surface area (Å²) in [5.74, 6) is -1.22. The summed E-state index contributed by atoms with van der Waals surface area (Å²) in [7, 11) is -2.75. The zero-order chi connectivity index (χ0) is 28.8. The van der Waals surface area contributed by atoms with Gasteiger partial charge in [0.25, 0.3) is 0 Å². The smallest absolute Gasteiger partial charge is 0.357 e. The molecule has 11 heteroatoms. The molecule has 0 aliphatic carbocycles. The summed E-state index contributed by atoms with van der Waals surface area (Å²) in [5, 5.41) is 2.57. The summed E-state index contributed by atoms with van der Waals surface area (Å²) >= 11 is 0. The molecule has 0 bridgehead atoms. The molecule has 0 unspecified atom stereocenters. The van der Waals surface area contributed by atoms with Crippen molar-refractivity contribution in [3.63, 3.8) is 0 Å². The first kappa shape index (κ1) is 29.7. The molecule has 3 aromatic carbocycles. The second-order valence-electron chi connectivity index (χ2n) is 9.14. The predicted octanol–water partition coefficient (Wildman–Crippen LogP) is 4.17. The number of carbonyl (C=O) groups excluding carboxylic acids is 2. The average molecular weight is 562 g/mol. The quantitative estimate of drug-likeness (QED) is 0.403. The van der Waals surface area contributed by atoms with Crippen molar-refractivity contribution in [3.8, 4) is 0 Å². The summed E-state index contributed by atoms with van der Waals surface area (Å²) < 4.78 is 66.0. The Morgan fingerprint density at radius 2 is 1.56 bits per heavy atom. The van der Waals surface area contributed by atoms with Crippen molar-refractivity contribution < 1.29 is 31.2 Å². The molecule has 7 nitrogen and oxygen atoms in total. The van der Waals surface area contributed by atoms with Crippen LogP contribution in [-0.2, 0) is 38.8 Å². The van der Waals surface area contributed by atoms with E-state index in [0.29, 0.717) is 15.9 Å². The highest BCUT2D eigenvalue weighted by Gasteiger charge is 2.34. The van der Waals surface area contributed by atoms with Gasteiger partial charge in [-0.15, -0.1) is 0 Å². The Balaban J connectivity index is 2.04. The number of aryl methyl sites for hydroxylation is 1. The van der Waals surface area contributed by atoms with Crippen LogP contribution in [0, 0.1) is 6.92 Å². The number of nitrogens with one attached hydrogen (secondary N) is 1. The minimum Gasteiger partial charge on any atom is -0.357 e. The van der Waals surface area contributed by atoms with Crippen LogP contribution in [0.3, 0.4) is 0 Å². The maximum Gasteiger partial charge on any atom is 0.416 e. The number of nitrogens with zero attached hydrogens (tertiary/aromatic N) is 2. The van der Waals surface area contributed by atoms with Gasteiger partial charge in [-0.2, -0.15) is 13.2 Å². The van der Waals surface area contributed by atoms with Crippen LogP contribution in [0.15, 0.2) is 78.9 Å². The topological polar surface area (TPSA) is 86.8 Å². The Kier molecular flexibility index (Phi) is 9.39. The van der Waals surface area contributed by atoms with E-state index in [-0.39, 0.29) is 18.7 Å². The number of sulfonamides is 1. The first-order valence-corrected chi connectivity index (χ1v) is 13.9. The lowest BCUT2D eigenvalue weighted by atomic mass is 10.0. The molecule has 2 amide bonds. The Labute approximate surface area is 226 Å². The molecule has 0 saturated carbocycles. The van der Waals surface area contributed by atoms with Crippen LogP contribution in [0.2, 0.25) is 0 Å². The van der Waals surface area contributed by atoms with Gasteiger partial charge < -0.3 is 10.2 Å². The van der Waals surface area contributed by atoms with Crippen molar-refractivity contribution in [2.24, 2.45) is 0 Å². The largest absolute Gasteiger partial charge is 0.416 e. The molecule has 39 heavy (non-hydrogen) atoms. The number of likely N-dealkylation sites (N-methyl/N-ethyl adjacent to an activating group) is 1. The van der Waals surface area contributed by atoms with Crippen molar-refractivity contribution in [2.75, 3.05) is 24.2 Å². The van der Waals surface area contributed by atoms with E-state index in [9.17, 15) is 31.2 Å². The van der Waals surface area contributed by atoms with Crippen LogP contribution < -0.4 is 9.62 Å². The molecular formula is C28H30F3N3O4S. The second kappa shape index (κ2) is 12.3. The van der Waals surface area contributed by atoms with Crippen LogP contribution in [0.5, 0.6) is 0 Å². The highest BCUT2D eigenvalue weighted by Crippen LogP contribution is 2.32. The molecule has 3 rings (SSSR count). The van der Waals surface area contributed by atoms with Crippen molar-refractivity contribution in [2.45, 2.75) is 32.1 Å². The first-order valence-electron chi connectivity index (χ1n) is 12.0. The van der Waals surface area contributed by atoms with Gasteiger partial charge >= 0.3 is 6.18 Å². The van der Waals surface area contributed by atoms with E-state index >= 15 is 0 Å². The van der Waals surface area contributed by atoms with E-state index in [4.69, 9.17) is 0 Å². The highest BCUT2D eigenvalue weighted by atomic mass is 32.2. The minimum absolute atomic E-state index is 0.0236. The highest BCUT2D eigenvalue weighted by molar-refractivity contribution is 7.92. The minimum atomic E-state index is -4.71. The molecule has 0 saturated heterocycles. The van der Waals surface area contributed by atoms with Crippen molar-refractivity contribution in [3.05, 3.63) is 101 Å². The zero-order valence-electron chi connectivity index (χ0n) is 21.8. The first-order chi connectivity index (χ1) is 18.3. The van der Waals surface area contributed by atoms with Gasteiger partial charge in [0.15, 0.2) is 0 Å². The SMILES string of the molecule is CNC(=O)[C@H](Cc1ccccc1)N(Cc1ccc(C)cc1)C(=O)CN(c1cccc(C(F)(F)F)c1)S(C)(=O)=O. The standard InChI is InChI=1S/C28H30F3N3O4S/c1-20-12-14-22(15-13-20)18-33(25(27(36)32-2)16-21-8-5-4-6-9-21)26(35)19-34(39(3,37)38)24-11-7-10-23(17-24)28(29,30)31/h4-15,17,25H,16,18-19H2,1-3H3,(H,32,36)/t25-/m0/s1. The van der Waals surface area contributed by atoms with Crippen LogP contribution >= 0.6 is 0 Å². The number of halogens is 3. The summed E-state index contributed by atoms with van der Waals surface area (Å²) in [6, 6.07) is 19.0. The number of carbonyl (C=O) groups is 2. The van der Waals surface area contributed by atoms with Crippen molar-refractivity contribution in [1.29, 1.82) is 0 Å². The lowest BCUT2D eigenvalue weighted by Crippen LogP contribution is -2.52. The third-order valence-electron chi connectivity index (χ3n) is 6.13. The molecule has 208 valence electrons. The fourth-order valence-electron chi connectivity index (χ4n) is 4.06. The third-order valence-corrected chi connectivity index (χ3v) is 7.27. The normalized spacial score (nSPS) is 12.5. The van der Waals surface area contributed by atoms with E-state index < -0.39 is 46.2 Å². The zero-order valence-corrected chi connectivity index (χ0v) is 22.6. The predicted molar refractivity (Wildman–Crippen MR) is 143 cm³/mol. The lowest BCUT2D eigenvalue weighted by molar-refractivity contribution is -0.139. The summed E-state index contributed by atoms with van der Waals surface area (Å²) in [6.07, 6.45) is -3.76. The van der Waals surface area contributed by atoms with E-state index in [1.54, 1.807) is 36.4 Å². The van der Waals surface area contributed by atoms with Gasteiger partial charge in [0.1, 0.15) is 12.6 Å². The Bertz CT molecular complexity index is 1400. The Hall–Kier alpha value is -3.86. The number of benzene rings is 3. The molecule has 0 spiro atoms. The number of amides is 2. The maximum absolute atomic E-state index is 13.8. The molecule has 0 fully saturated rings. The van der Waals surface area contributed by atoms with Gasteiger partial charge in [0, 0.05) is 20.0 Å². The van der Waals surface area contributed by atoms with Gasteiger partial charge in [0.05, 0.1) is 17.5 Å². The molecule has 0 aromatic heterocycles. The van der Waals surface area contributed by atoms with E-state index in [0.717, 1.165) is 29.5 Å².